The molecule has 0 aliphatic rings. The lowest BCUT2D eigenvalue weighted by molar-refractivity contribution is -0.384. The Morgan fingerprint density at radius 1 is 1.72 bits per heavy atom. The highest BCUT2D eigenvalue weighted by Crippen LogP contribution is 2.36. The molecule has 1 rings (SSSR count). The molecule has 1 aromatic carbocycles. The third-order valence-electron chi connectivity index (χ3n) is 1.82. The van der Waals surface area contributed by atoms with Crippen molar-refractivity contribution >= 4 is 39.9 Å². The number of aliphatic imine (C=N–C) groups is 1. The molecule has 0 atom stereocenters. The highest BCUT2D eigenvalue weighted by atomic mass is 35.5. The number of benzene rings is 1. The largest absolute Gasteiger partial charge is 0.505 e. The fourth-order valence-corrected chi connectivity index (χ4v) is 1.62. The molecule has 0 spiro atoms. The summed E-state index contributed by atoms with van der Waals surface area (Å²) in [5, 5.41) is 31.0. The van der Waals surface area contributed by atoms with Crippen LogP contribution < -0.4 is 5.32 Å². The van der Waals surface area contributed by atoms with E-state index in [-0.39, 0.29) is 15.9 Å². The van der Waals surface area contributed by atoms with Crippen LogP contribution in [0.1, 0.15) is 0 Å². The first-order valence-corrected chi connectivity index (χ1v) is 6.04. The molecule has 1 aromatic rings. The minimum atomic E-state index is -0.710. The first-order valence-electron chi connectivity index (χ1n) is 4.44. The quantitative estimate of drug-likeness (QED) is 0.216. The second-order valence-electron chi connectivity index (χ2n) is 2.91. The van der Waals surface area contributed by atoms with Crippen molar-refractivity contribution in [3.05, 3.63) is 27.3 Å². The molecule has 2 N–H and O–H groups in total. The van der Waals surface area contributed by atoms with Crippen molar-refractivity contribution in [2.24, 2.45) is 4.99 Å². The van der Waals surface area contributed by atoms with E-state index in [9.17, 15) is 15.2 Å². The Morgan fingerprint density at radius 3 is 2.89 bits per heavy atom. The number of halogens is 1. The van der Waals surface area contributed by atoms with Crippen LogP contribution in [0, 0.1) is 21.6 Å². The number of nitro benzene ring substituents is 1. The number of rotatable bonds is 2. The average Bonchev–Trinajstić information content (AvgIpc) is 2.32. The summed E-state index contributed by atoms with van der Waals surface area (Å²) < 4.78 is 0. The first kappa shape index (κ1) is 14.1. The molecule has 0 heterocycles. The summed E-state index contributed by atoms with van der Waals surface area (Å²) in [5.74, 6) is -0.391. The average molecular weight is 287 g/mol. The summed E-state index contributed by atoms with van der Waals surface area (Å²) in [6.45, 7) is 0. The zero-order chi connectivity index (χ0) is 13.7. The van der Waals surface area contributed by atoms with Crippen molar-refractivity contribution in [3.63, 3.8) is 0 Å². The number of phenols is 1. The molecular weight excluding hydrogens is 280 g/mol. The minimum Gasteiger partial charge on any atom is -0.505 e. The molecule has 0 radical (unpaired) electrons. The smallest absolute Gasteiger partial charge is 0.291 e. The van der Waals surface area contributed by atoms with Gasteiger partial charge in [-0.3, -0.25) is 15.4 Å². The van der Waals surface area contributed by atoms with Gasteiger partial charge < -0.3 is 5.11 Å². The molecule has 0 unspecified atom stereocenters. The number of aromatic hydroxyl groups is 1. The zero-order valence-electron chi connectivity index (χ0n) is 9.05. The van der Waals surface area contributed by atoms with Crippen LogP contribution in [0.3, 0.4) is 0 Å². The maximum Gasteiger partial charge on any atom is 0.291 e. The van der Waals surface area contributed by atoms with Gasteiger partial charge in [-0.2, -0.15) is 5.26 Å². The van der Waals surface area contributed by atoms with Crippen molar-refractivity contribution in [2.75, 3.05) is 6.26 Å². The van der Waals surface area contributed by atoms with E-state index in [0.717, 1.165) is 23.9 Å². The Balaban J connectivity index is 3.24. The summed E-state index contributed by atoms with van der Waals surface area (Å²) in [7, 11) is 0. The van der Waals surface area contributed by atoms with Crippen LogP contribution in [-0.2, 0) is 0 Å². The molecule has 0 aromatic heterocycles. The lowest BCUT2D eigenvalue weighted by Gasteiger charge is -2.03. The van der Waals surface area contributed by atoms with E-state index in [1.54, 1.807) is 12.4 Å². The van der Waals surface area contributed by atoms with Gasteiger partial charge in [0.15, 0.2) is 11.4 Å². The lowest BCUT2D eigenvalue weighted by atomic mass is 10.2. The summed E-state index contributed by atoms with van der Waals surface area (Å²) in [5.41, 5.74) is -0.371. The molecule has 0 bridgehead atoms. The van der Waals surface area contributed by atoms with Crippen LogP contribution in [0.4, 0.5) is 11.4 Å². The fourth-order valence-electron chi connectivity index (χ4n) is 1.05. The third-order valence-corrected chi connectivity index (χ3v) is 2.70. The first-order chi connectivity index (χ1) is 8.49. The summed E-state index contributed by atoms with van der Waals surface area (Å²) in [4.78, 5) is 13.8. The molecule has 0 aliphatic carbocycles. The molecule has 0 fully saturated rings. The maximum atomic E-state index is 10.6. The molecule has 0 saturated heterocycles. The van der Waals surface area contributed by atoms with Gasteiger partial charge in [-0.25, -0.2) is 4.99 Å². The van der Waals surface area contributed by atoms with Crippen molar-refractivity contribution < 1.29 is 10.0 Å². The van der Waals surface area contributed by atoms with Crippen LogP contribution >= 0.6 is 23.4 Å². The van der Waals surface area contributed by atoms with Gasteiger partial charge >= 0.3 is 0 Å². The third kappa shape index (κ3) is 3.26. The van der Waals surface area contributed by atoms with Crippen LogP contribution in [-0.4, -0.2) is 21.5 Å². The van der Waals surface area contributed by atoms with Crippen molar-refractivity contribution in [1.29, 1.82) is 5.26 Å². The summed E-state index contributed by atoms with van der Waals surface area (Å²) in [6, 6.07) is 2.07. The number of nitriles is 1. The molecule has 9 heteroatoms. The normalized spacial score (nSPS) is 10.8. The van der Waals surface area contributed by atoms with E-state index < -0.39 is 16.4 Å². The number of nitrogens with zero attached hydrogens (tertiary/aromatic N) is 3. The molecular formula is C9H7ClN4O3S. The van der Waals surface area contributed by atoms with Gasteiger partial charge in [-0.1, -0.05) is 23.4 Å². The second-order valence-corrected chi connectivity index (χ2v) is 4.11. The van der Waals surface area contributed by atoms with Gasteiger partial charge in [0.05, 0.1) is 11.0 Å². The monoisotopic (exact) mass is 286 g/mol. The fraction of sp³-hybridized carbons (Fsp3) is 0.111. The molecule has 7 nitrogen and oxygen atoms in total. The topological polar surface area (TPSA) is 112 Å². The predicted molar refractivity (Wildman–Crippen MR) is 69.1 cm³/mol. The van der Waals surface area contributed by atoms with E-state index in [0.29, 0.717) is 0 Å². The van der Waals surface area contributed by atoms with E-state index >= 15 is 0 Å². The summed E-state index contributed by atoms with van der Waals surface area (Å²) >= 11 is 6.83. The molecule has 0 amide bonds. The minimum absolute atomic E-state index is 0.0395. The van der Waals surface area contributed by atoms with Gasteiger partial charge in [-0.15, -0.1) is 0 Å². The molecule has 94 valence electrons. The van der Waals surface area contributed by atoms with Gasteiger partial charge in [0.1, 0.15) is 16.5 Å². The van der Waals surface area contributed by atoms with Crippen molar-refractivity contribution in [1.82, 2.24) is 5.32 Å². The Kier molecular flexibility index (Phi) is 4.76. The number of amidine groups is 1. The number of phenolic OH excluding ortho intramolecular Hbond substituents is 1. The number of hydrogen-bond acceptors (Lipinski definition) is 6. The van der Waals surface area contributed by atoms with Gasteiger partial charge in [-0.05, 0) is 12.3 Å². The lowest BCUT2D eigenvalue weighted by Crippen LogP contribution is -2.12. The number of nitrogens with one attached hydrogen (secondary N) is 1. The van der Waals surface area contributed by atoms with Gasteiger partial charge in [0.25, 0.3) is 5.69 Å². The van der Waals surface area contributed by atoms with Crippen LogP contribution in [0.2, 0.25) is 5.02 Å². The van der Waals surface area contributed by atoms with Crippen LogP contribution in [0.15, 0.2) is 17.1 Å². The van der Waals surface area contributed by atoms with Crippen LogP contribution in [0.5, 0.6) is 5.75 Å². The van der Waals surface area contributed by atoms with E-state index in [1.807, 2.05) is 0 Å². The van der Waals surface area contributed by atoms with Gasteiger partial charge in [0, 0.05) is 0 Å². The van der Waals surface area contributed by atoms with E-state index in [4.69, 9.17) is 16.9 Å². The SMILES string of the molecule is CSC(=Nc1cc(Cl)c([N+](=O)[O-])cc1O)NC#N. The Bertz CT molecular complexity index is 555. The number of thioether (sulfide) groups is 1. The van der Waals surface area contributed by atoms with E-state index in [1.165, 1.54) is 0 Å². The molecule has 0 aliphatic heterocycles. The predicted octanol–water partition coefficient (Wildman–Crippen LogP) is 2.37. The zero-order valence-corrected chi connectivity index (χ0v) is 10.6. The van der Waals surface area contributed by atoms with Crippen LogP contribution in [0.25, 0.3) is 0 Å². The molecule has 18 heavy (non-hydrogen) atoms. The van der Waals surface area contributed by atoms with Crippen molar-refractivity contribution in [2.45, 2.75) is 0 Å². The Hall–Kier alpha value is -1.98. The number of nitro groups is 1. The van der Waals surface area contributed by atoms with Gasteiger partial charge in [0.2, 0.25) is 0 Å². The van der Waals surface area contributed by atoms with E-state index in [2.05, 4.69) is 10.3 Å². The maximum absolute atomic E-state index is 10.6. The Labute approximate surface area is 111 Å². The summed E-state index contributed by atoms with van der Waals surface area (Å²) in [6.07, 6.45) is 3.35. The highest BCUT2D eigenvalue weighted by Gasteiger charge is 2.16. The van der Waals surface area contributed by atoms with Crippen molar-refractivity contribution in [3.8, 4) is 11.9 Å². The highest BCUT2D eigenvalue weighted by molar-refractivity contribution is 8.13. The standard InChI is InChI=1S/C9H7ClN4O3S/c1-18-9(12-4-11)13-6-2-5(10)7(14(16)17)3-8(6)15/h2-3,15H,1H3,(H,12,13). The second kappa shape index (κ2) is 6.09. The Morgan fingerprint density at radius 2 is 2.39 bits per heavy atom. The molecule has 0 saturated carbocycles. The number of hydrogen-bond donors (Lipinski definition) is 2.